The normalized spacial score (nSPS) is 12.7. The number of aromatic nitrogens is 3. The number of nitrogens with one attached hydrogen (secondary N) is 1. The lowest BCUT2D eigenvalue weighted by atomic mass is 9.95. The third kappa shape index (κ3) is 3.16. The standard InChI is InChI=1S/C21H22N4S/c1-3-25(4-2)20(16-8-9-18-19(13-16)24-14-23-18)15-6-5-7-17(12-15)21-22-10-11-26-21/h5-14,20H,3-4H2,1-2H3,(H,23,24). The fraction of sp³-hybridized carbons (Fsp3) is 0.238. The van der Waals surface area contributed by atoms with Gasteiger partial charge < -0.3 is 4.98 Å². The van der Waals surface area contributed by atoms with Gasteiger partial charge in [0.25, 0.3) is 0 Å². The summed E-state index contributed by atoms with van der Waals surface area (Å²) in [7, 11) is 0. The third-order valence-corrected chi connectivity index (χ3v) is 5.64. The number of hydrogen-bond acceptors (Lipinski definition) is 4. The van der Waals surface area contributed by atoms with Crippen LogP contribution in [0.3, 0.4) is 0 Å². The Hall–Kier alpha value is -2.50. The van der Waals surface area contributed by atoms with E-state index in [-0.39, 0.29) is 6.04 Å². The van der Waals surface area contributed by atoms with E-state index in [9.17, 15) is 0 Å². The van der Waals surface area contributed by atoms with Crippen molar-refractivity contribution in [1.29, 1.82) is 0 Å². The van der Waals surface area contributed by atoms with Gasteiger partial charge in [0.05, 0.1) is 23.4 Å². The molecule has 0 spiro atoms. The largest absolute Gasteiger partial charge is 0.345 e. The van der Waals surface area contributed by atoms with Gasteiger partial charge in [-0.15, -0.1) is 11.3 Å². The maximum absolute atomic E-state index is 4.47. The highest BCUT2D eigenvalue weighted by Crippen LogP contribution is 2.33. The second kappa shape index (κ2) is 7.40. The lowest BCUT2D eigenvalue weighted by Crippen LogP contribution is -2.29. The summed E-state index contributed by atoms with van der Waals surface area (Å²) in [5, 5.41) is 3.09. The third-order valence-electron chi connectivity index (χ3n) is 4.82. The molecule has 1 atom stereocenters. The van der Waals surface area contributed by atoms with E-state index in [1.54, 1.807) is 17.7 Å². The molecule has 0 aliphatic carbocycles. The molecule has 0 aliphatic rings. The molecule has 4 nitrogen and oxygen atoms in total. The minimum absolute atomic E-state index is 0.206. The highest BCUT2D eigenvalue weighted by Gasteiger charge is 2.21. The first-order valence-corrected chi connectivity index (χ1v) is 9.85. The van der Waals surface area contributed by atoms with Crippen molar-refractivity contribution in [3.63, 3.8) is 0 Å². The van der Waals surface area contributed by atoms with Crippen LogP contribution in [-0.4, -0.2) is 32.9 Å². The molecule has 0 fully saturated rings. The van der Waals surface area contributed by atoms with Crippen LogP contribution in [0, 0.1) is 0 Å². The topological polar surface area (TPSA) is 44.8 Å². The average molecular weight is 363 g/mol. The van der Waals surface area contributed by atoms with Crippen LogP contribution >= 0.6 is 11.3 Å². The first-order chi connectivity index (χ1) is 12.8. The van der Waals surface area contributed by atoms with Crippen molar-refractivity contribution in [2.75, 3.05) is 13.1 Å². The number of H-pyrrole nitrogens is 1. The van der Waals surface area contributed by atoms with Gasteiger partial charge in [0, 0.05) is 17.1 Å². The van der Waals surface area contributed by atoms with Gasteiger partial charge in [-0.05, 0) is 42.4 Å². The zero-order valence-corrected chi connectivity index (χ0v) is 15.8. The zero-order chi connectivity index (χ0) is 17.9. The molecule has 0 saturated carbocycles. The summed E-state index contributed by atoms with van der Waals surface area (Å²) in [4.78, 5) is 14.5. The highest BCUT2D eigenvalue weighted by molar-refractivity contribution is 7.13. The van der Waals surface area contributed by atoms with Crippen LogP contribution in [-0.2, 0) is 0 Å². The quantitative estimate of drug-likeness (QED) is 0.518. The number of thiazole rings is 1. The summed E-state index contributed by atoms with van der Waals surface area (Å²) in [6.45, 7) is 6.42. The van der Waals surface area contributed by atoms with E-state index >= 15 is 0 Å². The van der Waals surface area contributed by atoms with Crippen LogP contribution in [0.25, 0.3) is 21.6 Å². The van der Waals surface area contributed by atoms with Crippen molar-refractivity contribution < 1.29 is 0 Å². The number of benzene rings is 2. The van der Waals surface area contributed by atoms with Crippen LogP contribution < -0.4 is 0 Å². The van der Waals surface area contributed by atoms with Gasteiger partial charge in [-0.3, -0.25) is 4.90 Å². The molecule has 5 heteroatoms. The van der Waals surface area contributed by atoms with Crippen LogP contribution in [0.1, 0.15) is 31.0 Å². The molecule has 0 radical (unpaired) electrons. The Kier molecular flexibility index (Phi) is 4.82. The van der Waals surface area contributed by atoms with Gasteiger partial charge in [-0.1, -0.05) is 38.1 Å². The number of fused-ring (bicyclic) bond motifs is 1. The van der Waals surface area contributed by atoms with Crippen molar-refractivity contribution in [1.82, 2.24) is 19.9 Å². The second-order valence-electron chi connectivity index (χ2n) is 6.27. The van der Waals surface area contributed by atoms with Crippen LogP contribution in [0.2, 0.25) is 0 Å². The Balaban J connectivity index is 1.82. The molecule has 26 heavy (non-hydrogen) atoms. The molecule has 4 aromatic rings. The molecular weight excluding hydrogens is 340 g/mol. The number of aromatic amines is 1. The summed E-state index contributed by atoms with van der Waals surface area (Å²) in [5.41, 5.74) is 5.83. The van der Waals surface area contributed by atoms with E-state index < -0.39 is 0 Å². The molecule has 0 aliphatic heterocycles. The Morgan fingerprint density at radius 1 is 1.04 bits per heavy atom. The number of nitrogens with zero attached hydrogens (tertiary/aromatic N) is 3. The summed E-state index contributed by atoms with van der Waals surface area (Å²) >= 11 is 1.68. The Morgan fingerprint density at radius 2 is 1.88 bits per heavy atom. The highest BCUT2D eigenvalue weighted by atomic mass is 32.1. The Bertz CT molecular complexity index is 986. The summed E-state index contributed by atoms with van der Waals surface area (Å²) < 4.78 is 0. The van der Waals surface area contributed by atoms with Gasteiger partial charge in [0.15, 0.2) is 0 Å². The second-order valence-corrected chi connectivity index (χ2v) is 7.16. The van der Waals surface area contributed by atoms with Crippen LogP contribution in [0.4, 0.5) is 0 Å². The molecule has 1 N–H and O–H groups in total. The van der Waals surface area contributed by atoms with Crippen molar-refractivity contribution in [3.05, 3.63) is 71.5 Å². The predicted octanol–water partition coefficient (Wildman–Crippen LogP) is 5.12. The van der Waals surface area contributed by atoms with Crippen molar-refractivity contribution in [2.45, 2.75) is 19.9 Å². The monoisotopic (exact) mass is 362 g/mol. The Morgan fingerprint density at radius 3 is 2.65 bits per heavy atom. The van der Waals surface area contributed by atoms with E-state index in [0.717, 1.165) is 29.1 Å². The fourth-order valence-electron chi connectivity index (χ4n) is 3.53. The van der Waals surface area contributed by atoms with Gasteiger partial charge >= 0.3 is 0 Å². The minimum atomic E-state index is 0.206. The number of rotatable bonds is 6. The van der Waals surface area contributed by atoms with Crippen LogP contribution in [0.15, 0.2) is 60.4 Å². The van der Waals surface area contributed by atoms with E-state index in [2.05, 4.69) is 76.2 Å². The first kappa shape index (κ1) is 16.9. The van der Waals surface area contributed by atoms with Crippen LogP contribution in [0.5, 0.6) is 0 Å². The van der Waals surface area contributed by atoms with E-state index in [1.807, 2.05) is 11.6 Å². The average Bonchev–Trinajstić information content (AvgIpc) is 3.37. The first-order valence-electron chi connectivity index (χ1n) is 8.97. The van der Waals surface area contributed by atoms with Gasteiger partial charge in [-0.25, -0.2) is 9.97 Å². The minimum Gasteiger partial charge on any atom is -0.345 e. The molecule has 2 aromatic carbocycles. The summed E-state index contributed by atoms with van der Waals surface area (Å²) in [5.74, 6) is 0. The summed E-state index contributed by atoms with van der Waals surface area (Å²) in [6.07, 6.45) is 3.62. The molecule has 4 rings (SSSR count). The van der Waals surface area contributed by atoms with E-state index in [4.69, 9.17) is 0 Å². The molecule has 2 aromatic heterocycles. The maximum Gasteiger partial charge on any atom is 0.123 e. The van der Waals surface area contributed by atoms with E-state index in [0.29, 0.717) is 0 Å². The van der Waals surface area contributed by atoms with Crippen molar-refractivity contribution >= 4 is 22.4 Å². The van der Waals surface area contributed by atoms with Gasteiger partial charge in [0.1, 0.15) is 5.01 Å². The predicted molar refractivity (Wildman–Crippen MR) is 108 cm³/mol. The van der Waals surface area contributed by atoms with Gasteiger partial charge in [0.2, 0.25) is 0 Å². The van der Waals surface area contributed by atoms with E-state index in [1.165, 1.54) is 16.7 Å². The Labute approximate surface area is 157 Å². The molecule has 1 unspecified atom stereocenters. The lowest BCUT2D eigenvalue weighted by molar-refractivity contribution is 0.251. The molecule has 0 amide bonds. The van der Waals surface area contributed by atoms with Crippen molar-refractivity contribution in [3.8, 4) is 10.6 Å². The smallest absolute Gasteiger partial charge is 0.123 e. The molecule has 0 saturated heterocycles. The van der Waals surface area contributed by atoms with Gasteiger partial charge in [-0.2, -0.15) is 0 Å². The summed E-state index contributed by atoms with van der Waals surface area (Å²) in [6, 6.07) is 15.5. The maximum atomic E-state index is 4.47. The van der Waals surface area contributed by atoms with Crippen molar-refractivity contribution in [2.24, 2.45) is 0 Å². The molecule has 2 heterocycles. The molecular formula is C21H22N4S. The fourth-order valence-corrected chi connectivity index (χ4v) is 4.17. The molecule has 0 bridgehead atoms. The lowest BCUT2D eigenvalue weighted by Gasteiger charge is -2.31. The number of imidazole rings is 1. The zero-order valence-electron chi connectivity index (χ0n) is 15.0. The number of hydrogen-bond donors (Lipinski definition) is 1. The molecule has 132 valence electrons. The SMILES string of the molecule is CCN(CC)C(c1cccc(-c2nccs2)c1)c1ccc2nc[nH]c2c1.